The van der Waals surface area contributed by atoms with Gasteiger partial charge in [0.15, 0.2) is 11.5 Å². The third-order valence-electron chi connectivity index (χ3n) is 3.81. The smallest absolute Gasteiger partial charge is 0.161 e. The first-order valence-electron chi connectivity index (χ1n) is 8.77. The number of allylic oxidation sites excluding steroid dienone is 1. The molecule has 0 amide bonds. The summed E-state index contributed by atoms with van der Waals surface area (Å²) >= 11 is 0. The van der Waals surface area contributed by atoms with Crippen LogP contribution in [0.5, 0.6) is 17.2 Å². The van der Waals surface area contributed by atoms with Crippen molar-refractivity contribution >= 4 is 6.08 Å². The molecule has 3 nitrogen and oxygen atoms in total. The Kier molecular flexibility index (Phi) is 7.39. The van der Waals surface area contributed by atoms with Gasteiger partial charge in [0.1, 0.15) is 5.75 Å². The van der Waals surface area contributed by atoms with Crippen molar-refractivity contribution in [3.63, 3.8) is 0 Å². The number of hydrogen-bond donors (Lipinski definition) is 0. The number of aryl methyl sites for hydroxylation is 2. The average molecular weight is 340 g/mol. The minimum absolute atomic E-state index is 0.648. The molecule has 0 atom stereocenters. The van der Waals surface area contributed by atoms with Crippen LogP contribution in [-0.4, -0.2) is 20.3 Å². The van der Waals surface area contributed by atoms with Crippen molar-refractivity contribution in [2.45, 2.75) is 33.6 Å². The molecule has 0 radical (unpaired) electrons. The summed E-state index contributed by atoms with van der Waals surface area (Å²) in [7, 11) is 1.67. The molecule has 0 N–H and O–H groups in total. The van der Waals surface area contributed by atoms with Crippen LogP contribution in [-0.2, 0) is 0 Å². The Balaban J connectivity index is 1.74. The molecule has 0 spiro atoms. The molecule has 0 unspecified atom stereocenters. The maximum Gasteiger partial charge on any atom is 0.161 e. The molecule has 2 aromatic carbocycles. The summed E-state index contributed by atoms with van der Waals surface area (Å²) in [5, 5.41) is 0. The Labute approximate surface area is 151 Å². The molecule has 25 heavy (non-hydrogen) atoms. The van der Waals surface area contributed by atoms with Gasteiger partial charge in [-0.2, -0.15) is 0 Å². The SMILES string of the molecule is CC=Cc1ccc(OCCCCOc2cc(C)cc(C)c2)c(OC)c1. The van der Waals surface area contributed by atoms with E-state index in [2.05, 4.69) is 32.0 Å². The first-order valence-corrected chi connectivity index (χ1v) is 8.77. The van der Waals surface area contributed by atoms with Gasteiger partial charge in [-0.25, -0.2) is 0 Å². The van der Waals surface area contributed by atoms with E-state index in [-0.39, 0.29) is 0 Å². The molecule has 0 saturated heterocycles. The highest BCUT2D eigenvalue weighted by molar-refractivity contribution is 5.55. The van der Waals surface area contributed by atoms with Gasteiger partial charge in [0.2, 0.25) is 0 Å². The first kappa shape index (κ1) is 18.9. The molecular formula is C22H28O3. The number of methoxy groups -OCH3 is 1. The second kappa shape index (κ2) is 9.77. The third kappa shape index (κ3) is 6.18. The molecule has 3 heteroatoms. The van der Waals surface area contributed by atoms with Crippen LogP contribution in [0.2, 0.25) is 0 Å². The number of unbranched alkanes of at least 4 members (excludes halogenated alkanes) is 1. The molecule has 0 aromatic heterocycles. The molecule has 134 valence electrons. The second-order valence-corrected chi connectivity index (χ2v) is 6.14. The molecule has 0 aliphatic rings. The Bertz CT molecular complexity index is 684. The highest BCUT2D eigenvalue weighted by Crippen LogP contribution is 2.28. The van der Waals surface area contributed by atoms with Gasteiger partial charge < -0.3 is 14.2 Å². The Morgan fingerprint density at radius 2 is 1.52 bits per heavy atom. The molecular weight excluding hydrogens is 312 g/mol. The van der Waals surface area contributed by atoms with Crippen molar-refractivity contribution in [1.82, 2.24) is 0 Å². The van der Waals surface area contributed by atoms with Crippen molar-refractivity contribution < 1.29 is 14.2 Å². The van der Waals surface area contributed by atoms with Crippen molar-refractivity contribution in [1.29, 1.82) is 0 Å². The van der Waals surface area contributed by atoms with Gasteiger partial charge in [0.25, 0.3) is 0 Å². The summed E-state index contributed by atoms with van der Waals surface area (Å²) in [5.74, 6) is 2.49. The Morgan fingerprint density at radius 3 is 2.16 bits per heavy atom. The molecule has 2 aromatic rings. The van der Waals surface area contributed by atoms with E-state index < -0.39 is 0 Å². The summed E-state index contributed by atoms with van der Waals surface area (Å²) in [4.78, 5) is 0. The zero-order valence-corrected chi connectivity index (χ0v) is 15.7. The minimum Gasteiger partial charge on any atom is -0.494 e. The predicted octanol–water partition coefficient (Wildman–Crippen LogP) is 5.58. The normalized spacial score (nSPS) is 10.9. The molecule has 2 rings (SSSR count). The molecule has 0 aliphatic carbocycles. The van der Waals surface area contributed by atoms with Gasteiger partial charge in [-0.1, -0.05) is 24.3 Å². The van der Waals surface area contributed by atoms with Gasteiger partial charge >= 0.3 is 0 Å². The van der Waals surface area contributed by atoms with E-state index in [1.54, 1.807) is 7.11 Å². The Morgan fingerprint density at radius 1 is 0.840 bits per heavy atom. The maximum absolute atomic E-state index is 5.85. The van der Waals surface area contributed by atoms with Crippen LogP contribution in [0.15, 0.2) is 42.5 Å². The molecule has 0 bridgehead atoms. The van der Waals surface area contributed by atoms with Crippen molar-refractivity contribution in [2.24, 2.45) is 0 Å². The number of rotatable bonds is 9. The summed E-state index contributed by atoms with van der Waals surface area (Å²) in [6.45, 7) is 7.52. The standard InChI is InChI=1S/C22H28O3/c1-5-8-19-9-10-21(22(16-19)23-4)25-12-7-6-11-24-20-14-17(2)13-18(3)15-20/h5,8-10,13-16H,6-7,11-12H2,1-4H3. The zero-order chi connectivity index (χ0) is 18.1. The minimum atomic E-state index is 0.648. The lowest BCUT2D eigenvalue weighted by atomic mass is 10.1. The fourth-order valence-electron chi connectivity index (χ4n) is 2.69. The first-order chi connectivity index (χ1) is 12.1. The summed E-state index contributed by atoms with van der Waals surface area (Å²) < 4.78 is 17.1. The van der Waals surface area contributed by atoms with E-state index in [1.165, 1.54) is 11.1 Å². The lowest BCUT2D eigenvalue weighted by molar-refractivity contribution is 0.258. The molecule has 0 aliphatic heterocycles. The average Bonchev–Trinajstić information content (AvgIpc) is 2.58. The number of ether oxygens (including phenoxy) is 3. The van der Waals surface area contributed by atoms with E-state index in [0.717, 1.165) is 35.7 Å². The van der Waals surface area contributed by atoms with Gasteiger partial charge in [0.05, 0.1) is 20.3 Å². The monoisotopic (exact) mass is 340 g/mol. The van der Waals surface area contributed by atoms with E-state index in [0.29, 0.717) is 13.2 Å². The van der Waals surface area contributed by atoms with E-state index in [9.17, 15) is 0 Å². The van der Waals surface area contributed by atoms with E-state index in [1.807, 2.05) is 37.3 Å². The third-order valence-corrected chi connectivity index (χ3v) is 3.81. The second-order valence-electron chi connectivity index (χ2n) is 6.14. The fraction of sp³-hybridized carbons (Fsp3) is 0.364. The number of hydrogen-bond acceptors (Lipinski definition) is 3. The van der Waals surface area contributed by atoms with Gasteiger partial charge in [-0.15, -0.1) is 0 Å². The van der Waals surface area contributed by atoms with Crippen LogP contribution in [0.25, 0.3) is 6.08 Å². The molecule has 0 saturated carbocycles. The van der Waals surface area contributed by atoms with Crippen molar-refractivity contribution in [3.8, 4) is 17.2 Å². The fourth-order valence-corrected chi connectivity index (χ4v) is 2.69. The highest BCUT2D eigenvalue weighted by Gasteiger charge is 2.05. The molecule has 0 heterocycles. The summed E-state index contributed by atoms with van der Waals surface area (Å²) in [6.07, 6.45) is 5.93. The largest absolute Gasteiger partial charge is 0.494 e. The Hall–Kier alpha value is -2.42. The zero-order valence-electron chi connectivity index (χ0n) is 15.7. The number of benzene rings is 2. The van der Waals surface area contributed by atoms with Crippen LogP contribution >= 0.6 is 0 Å². The lowest BCUT2D eigenvalue weighted by Gasteiger charge is -2.12. The van der Waals surface area contributed by atoms with Crippen molar-refractivity contribution in [3.05, 3.63) is 59.2 Å². The molecule has 0 fully saturated rings. The van der Waals surface area contributed by atoms with Gasteiger partial charge in [0, 0.05) is 0 Å². The maximum atomic E-state index is 5.85. The quantitative estimate of drug-likeness (QED) is 0.557. The van der Waals surface area contributed by atoms with Crippen LogP contribution in [0.4, 0.5) is 0 Å². The highest BCUT2D eigenvalue weighted by atomic mass is 16.5. The van der Waals surface area contributed by atoms with Crippen LogP contribution in [0.1, 0.15) is 36.5 Å². The van der Waals surface area contributed by atoms with E-state index in [4.69, 9.17) is 14.2 Å². The van der Waals surface area contributed by atoms with Crippen LogP contribution in [0.3, 0.4) is 0 Å². The van der Waals surface area contributed by atoms with Crippen LogP contribution in [0, 0.1) is 13.8 Å². The summed E-state index contributed by atoms with van der Waals surface area (Å²) in [5.41, 5.74) is 3.56. The predicted molar refractivity (Wildman–Crippen MR) is 104 cm³/mol. The van der Waals surface area contributed by atoms with Gasteiger partial charge in [-0.05, 0) is 74.6 Å². The van der Waals surface area contributed by atoms with Gasteiger partial charge in [-0.3, -0.25) is 0 Å². The topological polar surface area (TPSA) is 27.7 Å². The van der Waals surface area contributed by atoms with E-state index >= 15 is 0 Å². The van der Waals surface area contributed by atoms with Crippen LogP contribution < -0.4 is 14.2 Å². The summed E-state index contributed by atoms with van der Waals surface area (Å²) in [6, 6.07) is 12.3. The van der Waals surface area contributed by atoms with Crippen molar-refractivity contribution in [2.75, 3.05) is 20.3 Å². The lowest BCUT2D eigenvalue weighted by Crippen LogP contribution is -2.03.